The predicted octanol–water partition coefficient (Wildman–Crippen LogP) is 3.50. The second-order valence-electron chi connectivity index (χ2n) is 9.20. The van der Waals surface area contributed by atoms with E-state index in [1.54, 1.807) is 21.3 Å². The molecule has 0 N–H and O–H groups in total. The van der Waals surface area contributed by atoms with Gasteiger partial charge in [0.2, 0.25) is 5.91 Å². The highest BCUT2D eigenvalue weighted by Gasteiger charge is 2.30. The molecule has 34 heavy (non-hydrogen) atoms. The van der Waals surface area contributed by atoms with Gasteiger partial charge in [0.1, 0.15) is 5.75 Å². The zero-order valence-electron chi connectivity index (χ0n) is 20.9. The molecule has 7 nitrogen and oxygen atoms in total. The van der Waals surface area contributed by atoms with E-state index in [9.17, 15) is 4.79 Å². The van der Waals surface area contributed by atoms with E-state index in [0.29, 0.717) is 6.54 Å². The fraction of sp³-hybridized carbons (Fsp3) is 0.519. The Morgan fingerprint density at radius 3 is 2.38 bits per heavy atom. The van der Waals surface area contributed by atoms with Gasteiger partial charge >= 0.3 is 0 Å². The van der Waals surface area contributed by atoms with E-state index >= 15 is 0 Å². The number of rotatable bonds is 8. The molecule has 2 aromatic rings. The molecule has 2 heterocycles. The third-order valence-electron chi connectivity index (χ3n) is 7.14. The summed E-state index contributed by atoms with van der Waals surface area (Å²) < 4.78 is 16.3. The Kier molecular flexibility index (Phi) is 7.95. The number of hydrogen-bond acceptors (Lipinski definition) is 6. The normalized spacial score (nSPS) is 19.3. The van der Waals surface area contributed by atoms with Crippen LogP contribution in [-0.2, 0) is 11.3 Å². The Bertz CT molecular complexity index is 988. The first kappa shape index (κ1) is 24.4. The number of methoxy groups -OCH3 is 3. The lowest BCUT2D eigenvalue weighted by Crippen LogP contribution is -2.50. The molecule has 0 spiro atoms. The van der Waals surface area contributed by atoms with Gasteiger partial charge in [0.05, 0.1) is 27.9 Å². The lowest BCUT2D eigenvalue weighted by Gasteiger charge is -2.36. The smallest absolute Gasteiger partial charge is 0.236 e. The van der Waals surface area contributed by atoms with E-state index in [0.717, 1.165) is 69.4 Å². The first-order valence-electron chi connectivity index (χ1n) is 12.1. The van der Waals surface area contributed by atoms with Crippen LogP contribution in [0, 0.1) is 6.92 Å². The maximum Gasteiger partial charge on any atom is 0.236 e. The Hall–Kier alpha value is -2.77. The molecule has 1 atom stereocenters. The first-order chi connectivity index (χ1) is 16.5. The van der Waals surface area contributed by atoms with Crippen molar-refractivity contribution >= 4 is 5.91 Å². The number of amides is 1. The molecule has 0 radical (unpaired) electrons. The second kappa shape index (κ2) is 11.1. The molecule has 2 aliphatic rings. The highest BCUT2D eigenvalue weighted by atomic mass is 16.5. The molecule has 0 saturated carbocycles. The number of hydrogen-bond donors (Lipinski definition) is 0. The lowest BCUT2D eigenvalue weighted by molar-refractivity contribution is -0.134. The molecule has 2 fully saturated rings. The summed E-state index contributed by atoms with van der Waals surface area (Å²) in [5.74, 6) is 2.62. The van der Waals surface area contributed by atoms with Gasteiger partial charge in [0.25, 0.3) is 0 Å². The van der Waals surface area contributed by atoms with Crippen LogP contribution in [0.15, 0.2) is 36.4 Å². The SMILES string of the molecule is COc1cccc(C2CCCN2CC(=O)N2CCN(Cc3cc(OC)c(OC)cc3C)CC2)c1. The van der Waals surface area contributed by atoms with Crippen molar-refractivity contribution in [2.45, 2.75) is 32.4 Å². The molecular formula is C27H37N3O4. The standard InChI is InChI=1S/C27H37N3O4/c1-20-15-25(33-3)26(34-4)17-22(20)18-28-11-13-29(14-12-28)27(31)19-30-10-6-9-24(30)21-7-5-8-23(16-21)32-2/h5,7-8,15-17,24H,6,9-14,18-19H2,1-4H3. The highest BCUT2D eigenvalue weighted by Crippen LogP contribution is 2.33. The van der Waals surface area contributed by atoms with Crippen LogP contribution in [-0.4, -0.2) is 81.2 Å². The molecule has 2 saturated heterocycles. The van der Waals surface area contributed by atoms with Crippen molar-refractivity contribution in [1.29, 1.82) is 0 Å². The molecule has 0 aromatic heterocycles. The summed E-state index contributed by atoms with van der Waals surface area (Å²) in [6, 6.07) is 12.6. The molecule has 2 aliphatic heterocycles. The molecule has 184 valence electrons. The summed E-state index contributed by atoms with van der Waals surface area (Å²) in [5.41, 5.74) is 3.66. The van der Waals surface area contributed by atoms with E-state index in [1.807, 2.05) is 23.1 Å². The molecule has 7 heteroatoms. The van der Waals surface area contributed by atoms with E-state index in [4.69, 9.17) is 14.2 Å². The minimum atomic E-state index is 0.233. The fourth-order valence-corrected chi connectivity index (χ4v) is 5.10. The summed E-state index contributed by atoms with van der Waals surface area (Å²) in [6.07, 6.45) is 2.20. The minimum Gasteiger partial charge on any atom is -0.497 e. The van der Waals surface area contributed by atoms with Crippen molar-refractivity contribution < 1.29 is 19.0 Å². The number of carbonyl (C=O) groups is 1. The summed E-state index contributed by atoms with van der Waals surface area (Å²) in [4.78, 5) is 19.9. The van der Waals surface area contributed by atoms with Gasteiger partial charge in [0.15, 0.2) is 11.5 Å². The number of aryl methyl sites for hydroxylation is 1. The first-order valence-corrected chi connectivity index (χ1v) is 12.1. The Labute approximate surface area is 203 Å². The maximum absolute atomic E-state index is 13.1. The Morgan fingerprint density at radius 1 is 0.941 bits per heavy atom. The van der Waals surface area contributed by atoms with Gasteiger partial charge in [-0.2, -0.15) is 0 Å². The molecule has 1 amide bonds. The van der Waals surface area contributed by atoms with Gasteiger partial charge in [-0.1, -0.05) is 12.1 Å². The number of ether oxygens (including phenoxy) is 3. The summed E-state index contributed by atoms with van der Waals surface area (Å²) in [5, 5.41) is 0. The van der Waals surface area contributed by atoms with Gasteiger partial charge in [0, 0.05) is 38.8 Å². The minimum absolute atomic E-state index is 0.233. The van der Waals surface area contributed by atoms with Crippen molar-refractivity contribution in [3.63, 3.8) is 0 Å². The lowest BCUT2D eigenvalue weighted by atomic mass is 10.0. The highest BCUT2D eigenvalue weighted by molar-refractivity contribution is 5.78. The number of nitrogens with zero attached hydrogens (tertiary/aromatic N) is 3. The predicted molar refractivity (Wildman–Crippen MR) is 133 cm³/mol. The van der Waals surface area contributed by atoms with Crippen LogP contribution >= 0.6 is 0 Å². The van der Waals surface area contributed by atoms with Crippen LogP contribution < -0.4 is 14.2 Å². The molecule has 2 aromatic carbocycles. The summed E-state index contributed by atoms with van der Waals surface area (Å²) in [6.45, 7) is 7.68. The monoisotopic (exact) mass is 467 g/mol. The van der Waals surface area contributed by atoms with Gasteiger partial charge in [-0.3, -0.25) is 14.6 Å². The quantitative estimate of drug-likeness (QED) is 0.592. The van der Waals surface area contributed by atoms with E-state index < -0.39 is 0 Å². The molecule has 1 unspecified atom stereocenters. The van der Waals surface area contributed by atoms with Crippen molar-refractivity contribution in [2.24, 2.45) is 0 Å². The third-order valence-corrected chi connectivity index (χ3v) is 7.14. The topological polar surface area (TPSA) is 54.5 Å². The second-order valence-corrected chi connectivity index (χ2v) is 9.20. The number of carbonyl (C=O) groups excluding carboxylic acids is 1. The maximum atomic E-state index is 13.1. The van der Waals surface area contributed by atoms with Crippen LogP contribution in [0.5, 0.6) is 17.2 Å². The zero-order valence-corrected chi connectivity index (χ0v) is 20.9. The van der Waals surface area contributed by atoms with E-state index in [1.165, 1.54) is 16.7 Å². The van der Waals surface area contributed by atoms with Gasteiger partial charge in [-0.25, -0.2) is 0 Å². The van der Waals surface area contributed by atoms with Crippen LogP contribution in [0.1, 0.15) is 35.6 Å². The van der Waals surface area contributed by atoms with Crippen LogP contribution in [0.3, 0.4) is 0 Å². The molecule has 4 rings (SSSR count). The molecule has 0 bridgehead atoms. The summed E-state index contributed by atoms with van der Waals surface area (Å²) in [7, 11) is 5.02. The third kappa shape index (κ3) is 5.47. The van der Waals surface area contributed by atoms with Crippen molar-refractivity contribution in [1.82, 2.24) is 14.7 Å². The Balaban J connectivity index is 1.31. The van der Waals surface area contributed by atoms with Crippen molar-refractivity contribution in [2.75, 3.05) is 60.6 Å². The summed E-state index contributed by atoms with van der Waals surface area (Å²) >= 11 is 0. The van der Waals surface area contributed by atoms with Crippen molar-refractivity contribution in [3.05, 3.63) is 53.1 Å². The molecule has 0 aliphatic carbocycles. The van der Waals surface area contributed by atoms with Crippen molar-refractivity contribution in [3.8, 4) is 17.2 Å². The fourth-order valence-electron chi connectivity index (χ4n) is 5.10. The van der Waals surface area contributed by atoms with E-state index in [-0.39, 0.29) is 11.9 Å². The van der Waals surface area contributed by atoms with E-state index in [2.05, 4.69) is 34.9 Å². The number of piperazine rings is 1. The zero-order chi connectivity index (χ0) is 24.1. The average molecular weight is 468 g/mol. The van der Waals surface area contributed by atoms with Gasteiger partial charge in [-0.05, 0) is 67.3 Å². The Morgan fingerprint density at radius 2 is 1.68 bits per heavy atom. The van der Waals surface area contributed by atoms with Crippen LogP contribution in [0.4, 0.5) is 0 Å². The number of benzene rings is 2. The van der Waals surface area contributed by atoms with Gasteiger partial charge in [-0.15, -0.1) is 0 Å². The number of likely N-dealkylation sites (tertiary alicyclic amines) is 1. The average Bonchev–Trinajstić information content (AvgIpc) is 3.33. The largest absolute Gasteiger partial charge is 0.497 e. The molecular weight excluding hydrogens is 430 g/mol. The van der Waals surface area contributed by atoms with Crippen LogP contribution in [0.25, 0.3) is 0 Å². The van der Waals surface area contributed by atoms with Crippen LogP contribution in [0.2, 0.25) is 0 Å². The van der Waals surface area contributed by atoms with Gasteiger partial charge < -0.3 is 19.1 Å².